The van der Waals surface area contributed by atoms with E-state index in [-0.39, 0.29) is 61.7 Å². The minimum absolute atomic E-state index is 0.00698. The van der Waals surface area contributed by atoms with Gasteiger partial charge in [0.05, 0.1) is 22.7 Å². The number of fused-ring (bicyclic) bond motifs is 1. The highest BCUT2D eigenvalue weighted by Gasteiger charge is 2.40. The fourth-order valence-corrected chi connectivity index (χ4v) is 11.1. The molecule has 0 radical (unpaired) electrons. The summed E-state index contributed by atoms with van der Waals surface area (Å²) in [6, 6.07) is 13.3. The van der Waals surface area contributed by atoms with Crippen LogP contribution < -0.4 is 15.5 Å². The predicted molar refractivity (Wildman–Crippen MR) is 307 cm³/mol. The quantitative estimate of drug-likeness (QED) is 0.0971. The Morgan fingerprint density at radius 3 is 1.86 bits per heavy atom. The number of unbranched alkanes of at least 4 members (excludes halogenated alkanes) is 2. The van der Waals surface area contributed by atoms with Crippen LogP contribution in [-0.4, -0.2) is 131 Å². The number of hydrogen-bond donors (Lipinski definition) is 2. The number of esters is 1. The lowest BCUT2D eigenvalue weighted by Gasteiger charge is -2.35. The molecular formula is C60H90N8O8S. The van der Waals surface area contributed by atoms with Gasteiger partial charge in [-0.1, -0.05) is 142 Å². The molecular weight excluding hydrogens is 993 g/mol. The zero-order valence-electron chi connectivity index (χ0n) is 48.4. The normalized spacial score (nSPS) is 22.8. The molecule has 0 fully saturated rings. The van der Waals surface area contributed by atoms with E-state index in [4.69, 9.17) is 14.6 Å². The van der Waals surface area contributed by atoms with Gasteiger partial charge in [-0.3, -0.25) is 29.0 Å². The van der Waals surface area contributed by atoms with Gasteiger partial charge in [-0.2, -0.15) is 9.99 Å². The number of aliphatic imine (C=N–C) groups is 1. The van der Waals surface area contributed by atoms with E-state index < -0.39 is 72.0 Å². The van der Waals surface area contributed by atoms with E-state index in [1.165, 1.54) is 35.5 Å². The number of carbonyl (C=O) groups is 6. The van der Waals surface area contributed by atoms with Crippen molar-refractivity contribution in [3.05, 3.63) is 71.9 Å². The summed E-state index contributed by atoms with van der Waals surface area (Å²) in [4.78, 5) is 106. The Hall–Kier alpha value is -5.89. The third-order valence-electron chi connectivity index (χ3n) is 14.7. The highest BCUT2D eigenvalue weighted by molar-refractivity contribution is 8.13. The Labute approximate surface area is 463 Å². The van der Waals surface area contributed by atoms with E-state index in [1.54, 1.807) is 37.0 Å². The van der Waals surface area contributed by atoms with Crippen LogP contribution >= 0.6 is 11.8 Å². The molecule has 2 heterocycles. The van der Waals surface area contributed by atoms with Crippen molar-refractivity contribution in [3.8, 4) is 6.07 Å². The molecule has 2 aromatic carbocycles. The van der Waals surface area contributed by atoms with Crippen LogP contribution in [0, 0.1) is 35.0 Å². The van der Waals surface area contributed by atoms with Crippen molar-refractivity contribution in [1.82, 2.24) is 30.1 Å². The number of aromatic nitrogens is 1. The maximum Gasteiger partial charge on any atom is 0.329 e. The zero-order valence-corrected chi connectivity index (χ0v) is 49.2. The SMILES string of the molecule is CCCC[C@@H](C)C[C@@H]1NC(=O)[C@H](Cc2cn(OC)c3ccccc23)N(C)C(=O)[C@H](CC(C)C)N=C(SCc2ccccc2)[C@H](CC(C)C)N(C)C(=O)[C@H](C[C@H](C)CCCC)NC(=O)[C@@H](CCC#N)OC(=O)[C@H](C)N(C)C1=O. The molecule has 0 spiro atoms. The smallest absolute Gasteiger partial charge is 0.329 e. The van der Waals surface area contributed by atoms with Crippen LogP contribution in [0.4, 0.5) is 0 Å². The number of hydrogen-bond acceptors (Lipinski definition) is 11. The number of ether oxygens (including phenoxy) is 1. The van der Waals surface area contributed by atoms with Crippen molar-refractivity contribution in [2.24, 2.45) is 28.7 Å². The highest BCUT2D eigenvalue weighted by atomic mass is 32.2. The molecule has 0 unspecified atom stereocenters. The number of likely N-dealkylation sites (N-methyl/N-ethyl adjacent to an activating group) is 3. The molecule has 5 amide bonds. The van der Waals surface area contributed by atoms with Crippen LogP contribution in [0.1, 0.15) is 150 Å². The van der Waals surface area contributed by atoms with E-state index in [0.29, 0.717) is 23.6 Å². The van der Waals surface area contributed by atoms with Crippen LogP contribution in [0.25, 0.3) is 10.9 Å². The molecule has 77 heavy (non-hydrogen) atoms. The fraction of sp³-hybridized carbons (Fsp3) is 0.633. The van der Waals surface area contributed by atoms with Gasteiger partial charge in [0.1, 0.15) is 37.3 Å². The Balaban J connectivity index is 2.05. The summed E-state index contributed by atoms with van der Waals surface area (Å²) in [5, 5.41) is 17.1. The number of rotatable bonds is 21. The molecule has 0 saturated carbocycles. The summed E-state index contributed by atoms with van der Waals surface area (Å²) in [6.07, 6.45) is 6.64. The maximum absolute atomic E-state index is 15.7. The average molecular weight is 1080 g/mol. The molecule has 9 atom stereocenters. The van der Waals surface area contributed by atoms with E-state index in [9.17, 15) is 19.6 Å². The first-order chi connectivity index (χ1) is 36.6. The summed E-state index contributed by atoms with van der Waals surface area (Å²) in [5.41, 5.74) is 2.51. The molecule has 2 N–H and O–H groups in total. The topological polar surface area (TPSA) is 196 Å². The van der Waals surface area contributed by atoms with Gasteiger partial charge in [0, 0.05) is 57.7 Å². The number of carbonyl (C=O) groups excluding carboxylic acids is 6. The molecule has 1 aliphatic heterocycles. The molecule has 3 aromatic rings. The summed E-state index contributed by atoms with van der Waals surface area (Å²) in [5.74, 6) is -3.10. The predicted octanol–water partition coefficient (Wildman–Crippen LogP) is 9.17. The summed E-state index contributed by atoms with van der Waals surface area (Å²) in [7, 11) is 6.33. The monoisotopic (exact) mass is 1080 g/mol. The molecule has 17 heteroatoms. The summed E-state index contributed by atoms with van der Waals surface area (Å²) < 4.78 is 7.56. The third-order valence-corrected chi connectivity index (χ3v) is 15.9. The van der Waals surface area contributed by atoms with Gasteiger partial charge in [0.25, 0.3) is 5.91 Å². The Morgan fingerprint density at radius 2 is 1.29 bits per heavy atom. The number of amides is 5. The molecule has 16 nitrogen and oxygen atoms in total. The Bertz CT molecular complexity index is 2470. The highest BCUT2D eigenvalue weighted by Crippen LogP contribution is 2.29. The van der Waals surface area contributed by atoms with Crippen LogP contribution in [-0.2, 0) is 45.7 Å². The van der Waals surface area contributed by atoms with E-state index in [0.717, 1.165) is 60.6 Å². The van der Waals surface area contributed by atoms with Crippen molar-refractivity contribution in [2.75, 3.05) is 28.3 Å². The van der Waals surface area contributed by atoms with Crippen molar-refractivity contribution in [1.29, 1.82) is 5.26 Å². The second kappa shape index (κ2) is 31.5. The summed E-state index contributed by atoms with van der Waals surface area (Å²) >= 11 is 1.45. The lowest BCUT2D eigenvalue weighted by Crippen LogP contribution is -2.57. The van der Waals surface area contributed by atoms with Crippen LogP contribution in [0.3, 0.4) is 0 Å². The molecule has 0 aliphatic carbocycles. The van der Waals surface area contributed by atoms with Crippen molar-refractivity contribution >= 4 is 63.2 Å². The number of nitriles is 1. The van der Waals surface area contributed by atoms with Crippen molar-refractivity contribution in [2.45, 2.75) is 194 Å². The first-order valence-corrected chi connectivity index (χ1v) is 29.0. The third kappa shape index (κ3) is 18.6. The second-order valence-corrected chi connectivity index (χ2v) is 23.2. The minimum Gasteiger partial charge on any atom is -0.451 e. The molecule has 1 aliphatic rings. The van der Waals surface area contributed by atoms with Gasteiger partial charge in [-0.15, -0.1) is 11.8 Å². The van der Waals surface area contributed by atoms with E-state index in [1.807, 2.05) is 82.3 Å². The van der Waals surface area contributed by atoms with Gasteiger partial charge in [0.2, 0.25) is 23.6 Å². The van der Waals surface area contributed by atoms with Gasteiger partial charge >= 0.3 is 5.97 Å². The molecule has 4 rings (SSSR count). The molecule has 424 valence electrons. The van der Waals surface area contributed by atoms with Gasteiger partial charge in [-0.05, 0) is 73.5 Å². The first-order valence-electron chi connectivity index (χ1n) is 28.0. The van der Waals surface area contributed by atoms with E-state index >= 15 is 14.4 Å². The molecule has 1 aromatic heterocycles. The number of cyclic esters (lactones) is 1. The average Bonchev–Trinajstić information content (AvgIpc) is 3.80. The van der Waals surface area contributed by atoms with E-state index in [2.05, 4.69) is 44.4 Å². The molecule has 0 saturated heterocycles. The largest absolute Gasteiger partial charge is 0.451 e. The maximum atomic E-state index is 15.7. The van der Waals surface area contributed by atoms with Crippen molar-refractivity contribution in [3.63, 3.8) is 0 Å². The number of nitrogens with zero attached hydrogens (tertiary/aromatic N) is 6. The Morgan fingerprint density at radius 1 is 0.727 bits per heavy atom. The van der Waals surface area contributed by atoms with Crippen LogP contribution in [0.2, 0.25) is 0 Å². The Kier molecular flexibility index (Phi) is 26.0. The number of benzene rings is 2. The van der Waals surface area contributed by atoms with Gasteiger partial charge in [-0.25, -0.2) is 4.79 Å². The zero-order chi connectivity index (χ0) is 56.9. The van der Waals surface area contributed by atoms with Gasteiger partial charge in [0.15, 0.2) is 6.10 Å². The molecule has 0 bridgehead atoms. The lowest BCUT2D eigenvalue weighted by molar-refractivity contribution is -0.163. The first kappa shape index (κ1) is 63.6. The van der Waals surface area contributed by atoms with Crippen molar-refractivity contribution < 1.29 is 38.3 Å². The summed E-state index contributed by atoms with van der Waals surface area (Å²) in [6.45, 7) is 17.9. The van der Waals surface area contributed by atoms with Gasteiger partial charge < -0.3 is 34.9 Å². The number of thioether (sulfide) groups is 1. The number of para-hydroxylation sites is 1. The van der Waals surface area contributed by atoms with Crippen LogP contribution in [0.15, 0.2) is 65.8 Å². The second-order valence-electron chi connectivity index (χ2n) is 22.2. The standard InChI is InChI=1S/C60H90N8O8S/c1-14-16-24-41(7)34-48-57(71)65(10)43(9)60(74)76-53(30-23-31-61)55(70)63-49(35-42(8)25-17-15-2)59(73)67(12)52(33-40(5)6)56(77-38-44-26-19-18-20-27-44)64-47(32-39(3)4)58(72)66(11)51(54(69)62-48)36-45-37-68(75-13)50-29-22-21-28-46(45)50/h18-22,26-29,37,39-43,47-49,51-53H,14-17,23-25,30,32-36,38H2,1-13H3,(H,62,69)(H,63,70)/t41-,42-,43+,47+,48+,49+,51+,52+,53-/m1/s1. The van der Waals surface area contributed by atoms with Crippen LogP contribution in [0.5, 0.6) is 0 Å². The fourth-order valence-electron chi connectivity index (χ4n) is 9.96. The number of nitrogens with one attached hydrogen (secondary N) is 2. The lowest BCUT2D eigenvalue weighted by atomic mass is 9.94. The minimum atomic E-state index is -1.47.